The first-order chi connectivity index (χ1) is 10.5. The number of carbonyl (C=O) groups excluding carboxylic acids is 1. The van der Waals surface area contributed by atoms with Crippen molar-refractivity contribution in [3.63, 3.8) is 0 Å². The molecule has 0 bridgehead atoms. The number of likely N-dealkylation sites (tertiary alicyclic amines) is 1. The van der Waals surface area contributed by atoms with Crippen LogP contribution in [0.3, 0.4) is 0 Å². The SMILES string of the molecule is CN(C)c1nc(C(=O)N2CCC3(CCNCC3)C2)cc(=O)[nH]1. The minimum atomic E-state index is -0.294. The number of nitrogens with one attached hydrogen (secondary N) is 2. The van der Waals surface area contributed by atoms with Gasteiger partial charge in [0.2, 0.25) is 5.95 Å². The van der Waals surface area contributed by atoms with E-state index in [0.29, 0.717) is 5.95 Å². The lowest BCUT2D eigenvalue weighted by molar-refractivity contribution is 0.0756. The molecule has 1 spiro atoms. The molecule has 0 radical (unpaired) electrons. The van der Waals surface area contributed by atoms with E-state index in [2.05, 4.69) is 15.3 Å². The minimum Gasteiger partial charge on any atom is -0.348 e. The maximum Gasteiger partial charge on any atom is 0.272 e. The molecule has 0 aliphatic carbocycles. The third-order valence-electron chi connectivity index (χ3n) is 4.76. The Balaban J connectivity index is 1.79. The highest BCUT2D eigenvalue weighted by molar-refractivity contribution is 5.92. The fourth-order valence-corrected chi connectivity index (χ4v) is 3.40. The lowest BCUT2D eigenvalue weighted by atomic mass is 9.78. The molecule has 3 heterocycles. The molecular formula is C15H23N5O2. The molecule has 1 amide bonds. The minimum absolute atomic E-state index is 0.135. The molecular weight excluding hydrogens is 282 g/mol. The van der Waals surface area contributed by atoms with Gasteiger partial charge < -0.3 is 15.1 Å². The second kappa shape index (κ2) is 5.72. The molecule has 0 unspecified atom stereocenters. The quantitative estimate of drug-likeness (QED) is 0.807. The summed E-state index contributed by atoms with van der Waals surface area (Å²) >= 11 is 0. The maximum absolute atomic E-state index is 12.7. The van der Waals surface area contributed by atoms with Crippen molar-refractivity contribution < 1.29 is 4.79 Å². The highest BCUT2D eigenvalue weighted by atomic mass is 16.2. The van der Waals surface area contributed by atoms with Crippen LogP contribution in [0.2, 0.25) is 0 Å². The van der Waals surface area contributed by atoms with E-state index in [9.17, 15) is 9.59 Å². The van der Waals surface area contributed by atoms with E-state index in [-0.39, 0.29) is 22.6 Å². The normalized spacial score (nSPS) is 20.4. The Labute approximate surface area is 129 Å². The summed E-state index contributed by atoms with van der Waals surface area (Å²) in [6, 6.07) is 1.29. The number of anilines is 1. The number of aromatic nitrogens is 2. The van der Waals surface area contributed by atoms with Gasteiger partial charge >= 0.3 is 0 Å². The fraction of sp³-hybridized carbons (Fsp3) is 0.667. The number of nitrogens with zero attached hydrogens (tertiary/aromatic N) is 3. The summed E-state index contributed by atoms with van der Waals surface area (Å²) < 4.78 is 0. The molecule has 2 aliphatic heterocycles. The van der Waals surface area contributed by atoms with Crippen molar-refractivity contribution in [2.45, 2.75) is 19.3 Å². The van der Waals surface area contributed by atoms with Gasteiger partial charge in [0.05, 0.1) is 0 Å². The first-order valence-corrected chi connectivity index (χ1v) is 7.78. The van der Waals surface area contributed by atoms with Gasteiger partial charge in [-0.2, -0.15) is 0 Å². The molecule has 2 fully saturated rings. The molecule has 120 valence electrons. The Kier molecular flexibility index (Phi) is 3.90. The lowest BCUT2D eigenvalue weighted by Gasteiger charge is -2.33. The summed E-state index contributed by atoms with van der Waals surface area (Å²) in [7, 11) is 3.57. The van der Waals surface area contributed by atoms with Crippen LogP contribution in [0, 0.1) is 5.41 Å². The number of hydrogen-bond donors (Lipinski definition) is 2. The van der Waals surface area contributed by atoms with E-state index in [0.717, 1.165) is 45.4 Å². The number of rotatable bonds is 2. The average Bonchev–Trinajstić information content (AvgIpc) is 2.90. The van der Waals surface area contributed by atoms with Crippen LogP contribution in [0.5, 0.6) is 0 Å². The summed E-state index contributed by atoms with van der Waals surface area (Å²) in [5.74, 6) is 0.274. The van der Waals surface area contributed by atoms with Crippen LogP contribution in [0.15, 0.2) is 10.9 Å². The van der Waals surface area contributed by atoms with Gasteiger partial charge in [0.25, 0.3) is 11.5 Å². The Bertz CT molecular complexity index is 619. The van der Waals surface area contributed by atoms with E-state index >= 15 is 0 Å². The molecule has 22 heavy (non-hydrogen) atoms. The fourth-order valence-electron chi connectivity index (χ4n) is 3.40. The molecule has 2 N–H and O–H groups in total. The first-order valence-electron chi connectivity index (χ1n) is 7.78. The van der Waals surface area contributed by atoms with Gasteiger partial charge in [-0.05, 0) is 37.8 Å². The largest absolute Gasteiger partial charge is 0.348 e. The lowest BCUT2D eigenvalue weighted by Crippen LogP contribution is -2.40. The van der Waals surface area contributed by atoms with E-state index < -0.39 is 0 Å². The highest BCUT2D eigenvalue weighted by Crippen LogP contribution is 2.38. The number of hydrogen-bond acceptors (Lipinski definition) is 5. The summed E-state index contributed by atoms with van der Waals surface area (Å²) in [5, 5.41) is 3.37. The van der Waals surface area contributed by atoms with E-state index in [1.807, 2.05) is 4.90 Å². The van der Waals surface area contributed by atoms with Gasteiger partial charge in [-0.15, -0.1) is 0 Å². The molecule has 7 heteroatoms. The number of H-pyrrole nitrogens is 1. The maximum atomic E-state index is 12.7. The van der Waals surface area contributed by atoms with Crippen LogP contribution in [-0.4, -0.2) is 61.0 Å². The molecule has 2 aliphatic rings. The van der Waals surface area contributed by atoms with Crippen LogP contribution in [-0.2, 0) is 0 Å². The van der Waals surface area contributed by atoms with E-state index in [1.165, 1.54) is 6.07 Å². The third kappa shape index (κ3) is 2.85. The Morgan fingerprint density at radius 2 is 2.05 bits per heavy atom. The summed E-state index contributed by atoms with van der Waals surface area (Å²) in [6.07, 6.45) is 3.27. The summed E-state index contributed by atoms with van der Waals surface area (Å²) in [6.45, 7) is 3.58. The topological polar surface area (TPSA) is 81.3 Å². The van der Waals surface area contributed by atoms with Gasteiger partial charge in [0.1, 0.15) is 5.69 Å². The number of carbonyl (C=O) groups is 1. The molecule has 1 aromatic rings. The van der Waals surface area contributed by atoms with Gasteiger partial charge in [0.15, 0.2) is 0 Å². The van der Waals surface area contributed by atoms with E-state index in [1.54, 1.807) is 19.0 Å². The van der Waals surface area contributed by atoms with Crippen molar-refractivity contribution in [1.82, 2.24) is 20.2 Å². The standard InChI is InChI=1S/C15H23N5O2/c1-19(2)14-17-11(9-12(21)18-14)13(22)20-8-5-15(10-20)3-6-16-7-4-15/h9,16H,3-8,10H2,1-2H3,(H,17,18,21). The van der Waals surface area contributed by atoms with Crippen molar-refractivity contribution in [1.29, 1.82) is 0 Å². The molecule has 0 saturated carbocycles. The van der Waals surface area contributed by atoms with Crippen molar-refractivity contribution in [2.24, 2.45) is 5.41 Å². The van der Waals surface area contributed by atoms with Crippen molar-refractivity contribution in [2.75, 3.05) is 45.2 Å². The molecule has 0 atom stereocenters. The summed E-state index contributed by atoms with van der Waals surface area (Å²) in [5.41, 5.74) is 0.197. The Hall–Kier alpha value is -1.89. The molecule has 2 saturated heterocycles. The molecule has 7 nitrogen and oxygen atoms in total. The number of piperidine rings is 1. The van der Waals surface area contributed by atoms with Gasteiger partial charge in [-0.25, -0.2) is 4.98 Å². The van der Waals surface area contributed by atoms with Gasteiger partial charge in [0, 0.05) is 33.3 Å². The zero-order valence-corrected chi connectivity index (χ0v) is 13.2. The zero-order chi connectivity index (χ0) is 15.7. The molecule has 1 aromatic heterocycles. The zero-order valence-electron chi connectivity index (χ0n) is 13.2. The predicted octanol–water partition coefficient (Wildman–Crippen LogP) is 0.0516. The first kappa shape index (κ1) is 15.0. The Morgan fingerprint density at radius 1 is 1.32 bits per heavy atom. The average molecular weight is 305 g/mol. The van der Waals surface area contributed by atoms with Gasteiger partial charge in [-0.1, -0.05) is 0 Å². The monoisotopic (exact) mass is 305 g/mol. The predicted molar refractivity (Wildman–Crippen MR) is 84.2 cm³/mol. The molecule has 0 aromatic carbocycles. The number of aromatic amines is 1. The van der Waals surface area contributed by atoms with Crippen LogP contribution in [0.1, 0.15) is 29.8 Å². The van der Waals surface area contributed by atoms with Crippen LogP contribution in [0.25, 0.3) is 0 Å². The van der Waals surface area contributed by atoms with E-state index in [4.69, 9.17) is 0 Å². The second-order valence-electron chi connectivity index (χ2n) is 6.58. The van der Waals surface area contributed by atoms with Crippen LogP contribution in [0.4, 0.5) is 5.95 Å². The highest BCUT2D eigenvalue weighted by Gasteiger charge is 2.40. The van der Waals surface area contributed by atoms with Crippen LogP contribution < -0.4 is 15.8 Å². The van der Waals surface area contributed by atoms with Gasteiger partial charge in [-0.3, -0.25) is 14.6 Å². The van der Waals surface area contributed by atoms with Crippen molar-refractivity contribution in [3.8, 4) is 0 Å². The second-order valence-corrected chi connectivity index (χ2v) is 6.58. The van der Waals surface area contributed by atoms with Crippen molar-refractivity contribution in [3.05, 3.63) is 22.1 Å². The third-order valence-corrected chi connectivity index (χ3v) is 4.76. The number of amides is 1. The van der Waals surface area contributed by atoms with Crippen LogP contribution >= 0.6 is 0 Å². The Morgan fingerprint density at radius 3 is 2.73 bits per heavy atom. The smallest absolute Gasteiger partial charge is 0.272 e. The summed E-state index contributed by atoms with van der Waals surface area (Å²) in [4.78, 5) is 34.9. The molecule has 3 rings (SSSR count). The van der Waals surface area contributed by atoms with Crippen molar-refractivity contribution >= 4 is 11.9 Å².